The Labute approximate surface area is 369 Å². The van der Waals surface area contributed by atoms with Crippen molar-refractivity contribution in [1.82, 2.24) is 0 Å². The van der Waals surface area contributed by atoms with Gasteiger partial charge in [0.2, 0.25) is 0 Å². The first kappa shape index (κ1) is 52.8. The first-order valence-corrected chi connectivity index (χ1v) is 22.7. The van der Waals surface area contributed by atoms with Gasteiger partial charge in [-0.25, -0.2) is 0 Å². The van der Waals surface area contributed by atoms with Crippen LogP contribution in [0.1, 0.15) is 171 Å². The third-order valence-electron chi connectivity index (χ3n) is 10.0. The molecule has 0 fully saturated rings. The van der Waals surface area contributed by atoms with Crippen molar-refractivity contribution in [2.45, 2.75) is 174 Å². The summed E-state index contributed by atoms with van der Waals surface area (Å²) in [6.45, 7) is 0.972. The number of carboxylic acid groups (broad SMARTS) is 1. The van der Waals surface area contributed by atoms with Gasteiger partial charge in [0.15, 0.2) is 0 Å². The van der Waals surface area contributed by atoms with E-state index >= 15 is 0 Å². The fraction of sp³-hybridized carbons (Fsp3) is 0.529. The largest absolute Gasteiger partial charge is 0.481 e. The molecule has 0 heterocycles. The van der Waals surface area contributed by atoms with Gasteiger partial charge in [-0.2, -0.15) is 0 Å². The molecule has 0 saturated carbocycles. The first-order chi connectivity index (χ1) is 30.2. The van der Waals surface area contributed by atoms with Gasteiger partial charge in [0.25, 0.3) is 0 Å². The molecular weight excluding hydrogens is 789 g/mol. The summed E-state index contributed by atoms with van der Waals surface area (Å²) in [5, 5.41) is 8.50. The molecule has 0 aliphatic carbocycles. The standard InChI is InChI=1S/C34H46O7.C17H24O4/c35-31(39-27-29-19-11-9-12-20-29)23-15-5-1-3-7-17-25-33(37)41-34(38)26-18-8-4-2-6-16-24-32(36)40-28-30-21-13-10-14-22-30;18-16(19)12-8-3-1-2-4-9-13-17(20)21-14-15-10-6-5-7-11-15/h9-14,19-22H,1-8,15-18,23-28H2;5-7,10-11H,1-4,8-9,12-14H2,(H,18,19). The topological polar surface area (TPSA) is 160 Å². The van der Waals surface area contributed by atoms with Gasteiger partial charge in [-0.05, 0) is 55.2 Å². The number of carbonyl (C=O) groups is 6. The fourth-order valence-electron chi connectivity index (χ4n) is 6.40. The van der Waals surface area contributed by atoms with Gasteiger partial charge < -0.3 is 24.1 Å². The average Bonchev–Trinajstić information content (AvgIpc) is 3.28. The van der Waals surface area contributed by atoms with Crippen LogP contribution in [0.5, 0.6) is 0 Å². The van der Waals surface area contributed by atoms with Crippen molar-refractivity contribution in [3.8, 4) is 0 Å². The Kier molecular flexibility index (Phi) is 31.0. The molecule has 3 aromatic carbocycles. The molecule has 0 aromatic heterocycles. The van der Waals surface area contributed by atoms with Crippen LogP contribution in [0.25, 0.3) is 0 Å². The van der Waals surface area contributed by atoms with Gasteiger partial charge in [-0.3, -0.25) is 28.8 Å². The smallest absolute Gasteiger partial charge is 0.313 e. The Morgan fingerprint density at radius 2 is 0.532 bits per heavy atom. The molecule has 0 bridgehead atoms. The summed E-state index contributed by atoms with van der Waals surface area (Å²) in [6, 6.07) is 28.9. The number of rotatable bonds is 33. The molecule has 0 unspecified atom stereocenters. The molecule has 11 nitrogen and oxygen atoms in total. The molecule has 0 saturated heterocycles. The van der Waals surface area contributed by atoms with E-state index < -0.39 is 17.9 Å². The number of hydrogen-bond acceptors (Lipinski definition) is 10. The lowest BCUT2D eigenvalue weighted by Crippen LogP contribution is -2.11. The summed E-state index contributed by atoms with van der Waals surface area (Å²) in [5.74, 6) is -2.11. The van der Waals surface area contributed by atoms with Crippen LogP contribution in [0.2, 0.25) is 0 Å². The van der Waals surface area contributed by atoms with Crippen molar-refractivity contribution in [2.24, 2.45) is 0 Å². The van der Waals surface area contributed by atoms with Gasteiger partial charge in [-0.1, -0.05) is 168 Å². The van der Waals surface area contributed by atoms with Crippen molar-refractivity contribution in [3.63, 3.8) is 0 Å². The summed E-state index contributed by atoms with van der Waals surface area (Å²) < 4.78 is 20.7. The van der Waals surface area contributed by atoms with Crippen LogP contribution in [0, 0.1) is 0 Å². The van der Waals surface area contributed by atoms with Gasteiger partial charge in [0.1, 0.15) is 19.8 Å². The molecule has 3 aromatic rings. The van der Waals surface area contributed by atoms with Crippen molar-refractivity contribution in [1.29, 1.82) is 0 Å². The molecule has 0 aliphatic rings. The molecule has 0 amide bonds. The zero-order valence-electron chi connectivity index (χ0n) is 36.8. The number of esters is 5. The monoisotopic (exact) mass is 858 g/mol. The third kappa shape index (κ3) is 31.5. The molecule has 0 spiro atoms. The highest BCUT2D eigenvalue weighted by molar-refractivity contribution is 5.85. The summed E-state index contributed by atoms with van der Waals surface area (Å²) in [5.41, 5.74) is 2.98. The Balaban J connectivity index is 0.000000528. The SMILES string of the molecule is O=C(CCCCCCCCC(=O)OC(=O)CCCCCCCCC(=O)OCc1ccccc1)OCc1ccccc1.O=C(O)CCCCCCCCC(=O)OCc1ccccc1. The van der Waals surface area contributed by atoms with Crippen LogP contribution < -0.4 is 0 Å². The molecule has 3 rings (SSSR count). The Bertz CT molecular complexity index is 1560. The fourth-order valence-corrected chi connectivity index (χ4v) is 6.40. The minimum absolute atomic E-state index is 0.148. The van der Waals surface area contributed by atoms with Gasteiger partial charge in [0, 0.05) is 38.5 Å². The summed E-state index contributed by atoms with van der Waals surface area (Å²) >= 11 is 0. The summed E-state index contributed by atoms with van der Waals surface area (Å²) in [4.78, 5) is 69.3. The van der Waals surface area contributed by atoms with E-state index in [1.807, 2.05) is 91.0 Å². The van der Waals surface area contributed by atoms with Crippen molar-refractivity contribution < 1.29 is 52.8 Å². The molecule has 0 aliphatic heterocycles. The van der Waals surface area contributed by atoms with E-state index in [-0.39, 0.29) is 37.2 Å². The molecule has 340 valence electrons. The van der Waals surface area contributed by atoms with E-state index in [4.69, 9.17) is 24.1 Å². The second kappa shape index (κ2) is 36.3. The Morgan fingerprint density at radius 1 is 0.306 bits per heavy atom. The minimum Gasteiger partial charge on any atom is -0.481 e. The molecule has 0 radical (unpaired) electrons. The van der Waals surface area contributed by atoms with Crippen LogP contribution in [0.4, 0.5) is 0 Å². The van der Waals surface area contributed by atoms with Gasteiger partial charge in [-0.15, -0.1) is 0 Å². The lowest BCUT2D eigenvalue weighted by Gasteiger charge is -2.06. The second-order valence-electron chi connectivity index (χ2n) is 15.5. The molecular formula is C51H70O11. The molecule has 62 heavy (non-hydrogen) atoms. The molecule has 0 atom stereocenters. The number of carboxylic acids is 1. The first-order valence-electron chi connectivity index (χ1n) is 22.7. The molecule has 1 N–H and O–H groups in total. The number of carbonyl (C=O) groups excluding carboxylic acids is 5. The highest BCUT2D eigenvalue weighted by atomic mass is 16.6. The van der Waals surface area contributed by atoms with E-state index in [1.54, 1.807) is 0 Å². The van der Waals surface area contributed by atoms with Crippen LogP contribution >= 0.6 is 0 Å². The number of benzene rings is 3. The third-order valence-corrected chi connectivity index (χ3v) is 10.0. The van der Waals surface area contributed by atoms with Crippen LogP contribution in [0.15, 0.2) is 91.0 Å². The minimum atomic E-state index is -0.726. The maximum Gasteiger partial charge on any atom is 0.313 e. The number of unbranched alkanes of at least 4 members (excludes halogenated alkanes) is 15. The van der Waals surface area contributed by atoms with E-state index in [9.17, 15) is 28.8 Å². The van der Waals surface area contributed by atoms with Crippen LogP contribution in [0.3, 0.4) is 0 Å². The molecule has 11 heteroatoms. The quantitative estimate of drug-likeness (QED) is 0.0269. The normalized spacial score (nSPS) is 10.5. The summed E-state index contributed by atoms with van der Waals surface area (Å²) in [6.07, 6.45) is 18.3. The lowest BCUT2D eigenvalue weighted by molar-refractivity contribution is -0.160. The van der Waals surface area contributed by atoms with E-state index in [0.29, 0.717) is 51.9 Å². The highest BCUT2D eigenvalue weighted by Crippen LogP contribution is 2.14. The maximum atomic E-state index is 11.9. The van der Waals surface area contributed by atoms with Crippen LogP contribution in [-0.2, 0) is 67.5 Å². The van der Waals surface area contributed by atoms with Gasteiger partial charge >= 0.3 is 35.8 Å². The van der Waals surface area contributed by atoms with Crippen molar-refractivity contribution in [2.75, 3.05) is 0 Å². The number of ether oxygens (including phenoxy) is 4. The average molecular weight is 859 g/mol. The second-order valence-corrected chi connectivity index (χ2v) is 15.5. The highest BCUT2D eigenvalue weighted by Gasteiger charge is 2.11. The summed E-state index contributed by atoms with van der Waals surface area (Å²) in [7, 11) is 0. The number of aliphatic carboxylic acids is 1. The lowest BCUT2D eigenvalue weighted by atomic mass is 10.1. The van der Waals surface area contributed by atoms with Gasteiger partial charge in [0.05, 0.1) is 0 Å². The zero-order valence-corrected chi connectivity index (χ0v) is 36.8. The van der Waals surface area contributed by atoms with E-state index in [2.05, 4.69) is 0 Å². The number of hydrogen-bond donors (Lipinski definition) is 1. The maximum absolute atomic E-state index is 11.9. The van der Waals surface area contributed by atoms with Crippen LogP contribution in [-0.4, -0.2) is 40.9 Å². The Morgan fingerprint density at radius 3 is 0.790 bits per heavy atom. The van der Waals surface area contributed by atoms with Crippen molar-refractivity contribution in [3.05, 3.63) is 108 Å². The van der Waals surface area contributed by atoms with Crippen molar-refractivity contribution >= 4 is 35.8 Å². The predicted molar refractivity (Wildman–Crippen MR) is 238 cm³/mol. The van der Waals surface area contributed by atoms with E-state index in [1.165, 1.54) is 0 Å². The Hall–Kier alpha value is -5.32. The zero-order chi connectivity index (χ0) is 44.7. The predicted octanol–water partition coefficient (Wildman–Crippen LogP) is 11.7. The van der Waals surface area contributed by atoms with E-state index in [0.717, 1.165) is 119 Å².